The van der Waals surface area contributed by atoms with Gasteiger partial charge in [0.1, 0.15) is 0 Å². The Balaban J connectivity index is 1.89. The molecule has 0 bridgehead atoms. The van der Waals surface area contributed by atoms with Crippen LogP contribution in [0.5, 0.6) is 0 Å². The normalized spacial score (nSPS) is 11.5. The van der Waals surface area contributed by atoms with Gasteiger partial charge in [-0.1, -0.05) is 35.4 Å². The summed E-state index contributed by atoms with van der Waals surface area (Å²) in [5.74, 6) is 0.588. The molecule has 0 unspecified atom stereocenters. The first kappa shape index (κ1) is 16.8. The second kappa shape index (κ2) is 6.60. The first-order valence-corrected chi connectivity index (χ1v) is 8.56. The third kappa shape index (κ3) is 3.27. The van der Waals surface area contributed by atoms with Crippen LogP contribution >= 0.6 is 0 Å². The molecule has 4 rings (SSSR count). The number of rotatable bonds is 3. The fourth-order valence-corrected chi connectivity index (χ4v) is 2.73. The summed E-state index contributed by atoms with van der Waals surface area (Å²) >= 11 is 0. The first-order valence-electron chi connectivity index (χ1n) is 8.56. The van der Waals surface area contributed by atoms with E-state index in [2.05, 4.69) is 20.3 Å². The second-order valence-electron chi connectivity index (χ2n) is 6.45. The van der Waals surface area contributed by atoms with Gasteiger partial charge in [-0.25, -0.2) is 9.38 Å². The Morgan fingerprint density at radius 1 is 0.852 bits per heavy atom. The molecule has 2 aromatic carbocycles. The smallest absolute Gasteiger partial charge is 0.269 e. The van der Waals surface area contributed by atoms with Crippen LogP contribution in [0.15, 0.2) is 69.6 Å². The topological polar surface area (TPSA) is 76.9 Å². The molecule has 0 N–H and O–H groups in total. The molecule has 0 aliphatic rings. The summed E-state index contributed by atoms with van der Waals surface area (Å²) in [6, 6.07) is 16.9. The maximum absolute atomic E-state index is 12.5. The minimum atomic E-state index is -0.242. The minimum absolute atomic E-state index is 0.184. The van der Waals surface area contributed by atoms with Gasteiger partial charge >= 0.3 is 0 Å². The lowest BCUT2D eigenvalue weighted by Gasteiger charge is -2.02. The number of fused-ring (bicyclic) bond motifs is 1. The van der Waals surface area contributed by atoms with Crippen molar-refractivity contribution in [2.24, 2.45) is 10.2 Å². The third-order valence-corrected chi connectivity index (χ3v) is 4.18. The van der Waals surface area contributed by atoms with Gasteiger partial charge in [-0.3, -0.25) is 4.79 Å². The van der Waals surface area contributed by atoms with E-state index < -0.39 is 0 Å². The molecular weight excluding hydrogens is 340 g/mol. The van der Waals surface area contributed by atoms with Crippen LogP contribution in [0.4, 0.5) is 11.6 Å². The lowest BCUT2D eigenvalue weighted by atomic mass is 10.2. The van der Waals surface area contributed by atoms with Gasteiger partial charge in [-0.2, -0.15) is 4.68 Å². The average molecular weight is 358 g/mol. The van der Waals surface area contributed by atoms with Crippen LogP contribution in [0.1, 0.15) is 16.8 Å². The molecule has 0 atom stereocenters. The monoisotopic (exact) mass is 358 g/mol. The Bertz CT molecular complexity index is 1200. The van der Waals surface area contributed by atoms with Crippen molar-refractivity contribution in [1.82, 2.24) is 19.2 Å². The Hall–Kier alpha value is -3.61. The van der Waals surface area contributed by atoms with Crippen LogP contribution in [-0.4, -0.2) is 19.2 Å². The lowest BCUT2D eigenvalue weighted by molar-refractivity contribution is 0.886. The minimum Gasteiger partial charge on any atom is -0.269 e. The molecular formula is C20H18N6O. The van der Waals surface area contributed by atoms with Crippen LogP contribution in [0.25, 0.3) is 11.5 Å². The summed E-state index contributed by atoms with van der Waals surface area (Å²) in [6.07, 6.45) is 0. The molecule has 27 heavy (non-hydrogen) atoms. The predicted octanol–water partition coefficient (Wildman–Crippen LogP) is 4.22. The molecule has 0 spiro atoms. The van der Waals surface area contributed by atoms with Crippen molar-refractivity contribution < 1.29 is 0 Å². The Kier molecular flexibility index (Phi) is 4.12. The van der Waals surface area contributed by atoms with Gasteiger partial charge in [0.15, 0.2) is 0 Å². The van der Waals surface area contributed by atoms with E-state index in [4.69, 9.17) is 0 Å². The van der Waals surface area contributed by atoms with Crippen molar-refractivity contribution in [3.63, 3.8) is 0 Å². The predicted molar refractivity (Wildman–Crippen MR) is 103 cm³/mol. The van der Waals surface area contributed by atoms with Crippen molar-refractivity contribution in [2.45, 2.75) is 20.8 Å². The summed E-state index contributed by atoms with van der Waals surface area (Å²) in [5, 5.41) is 12.9. The number of azo groups is 1. The fourth-order valence-electron chi connectivity index (χ4n) is 2.73. The summed E-state index contributed by atoms with van der Waals surface area (Å²) in [6.45, 7) is 5.80. The van der Waals surface area contributed by atoms with Crippen LogP contribution in [0, 0.1) is 20.8 Å². The van der Waals surface area contributed by atoms with Gasteiger partial charge in [0.2, 0.25) is 5.78 Å². The number of aryl methyl sites for hydroxylation is 3. The average Bonchev–Trinajstić information content (AvgIpc) is 3.00. The zero-order valence-electron chi connectivity index (χ0n) is 15.3. The molecule has 0 aliphatic carbocycles. The zero-order chi connectivity index (χ0) is 19.0. The highest BCUT2D eigenvalue weighted by Gasteiger charge is 2.15. The quantitative estimate of drug-likeness (QED) is 0.514. The molecule has 7 nitrogen and oxygen atoms in total. The van der Waals surface area contributed by atoms with E-state index in [1.54, 1.807) is 11.6 Å². The van der Waals surface area contributed by atoms with Gasteiger partial charge < -0.3 is 0 Å². The molecule has 7 heteroatoms. The largest absolute Gasteiger partial charge is 0.276 e. The van der Waals surface area contributed by atoms with Crippen molar-refractivity contribution in [1.29, 1.82) is 0 Å². The Labute approximate surface area is 155 Å². The van der Waals surface area contributed by atoms with Gasteiger partial charge in [-0.15, -0.1) is 15.3 Å². The molecule has 0 amide bonds. The number of hydrogen-bond acceptors (Lipinski definition) is 5. The van der Waals surface area contributed by atoms with Gasteiger partial charge in [0, 0.05) is 11.8 Å². The van der Waals surface area contributed by atoms with E-state index in [0.29, 0.717) is 17.2 Å². The Morgan fingerprint density at radius 3 is 2.15 bits per heavy atom. The number of hydrogen-bond donors (Lipinski definition) is 0. The van der Waals surface area contributed by atoms with Gasteiger partial charge in [0.25, 0.3) is 11.5 Å². The highest BCUT2D eigenvalue weighted by Crippen LogP contribution is 2.20. The lowest BCUT2D eigenvalue weighted by Crippen LogP contribution is -2.14. The van der Waals surface area contributed by atoms with Crippen molar-refractivity contribution in [3.05, 3.63) is 81.8 Å². The standard InChI is InChI=1S/C20H18N6O/c1-13-4-8-16(9-5-13)22-23-19-24-26(17-10-6-14(2)7-11-17)20-21-15(3)12-18(27)25(19)20/h4-12H,1-3H3. The first-order chi connectivity index (χ1) is 13.0. The summed E-state index contributed by atoms with van der Waals surface area (Å²) < 4.78 is 2.97. The summed E-state index contributed by atoms with van der Waals surface area (Å²) in [7, 11) is 0. The second-order valence-corrected chi connectivity index (χ2v) is 6.45. The molecule has 0 aliphatic heterocycles. The fraction of sp³-hybridized carbons (Fsp3) is 0.150. The van der Waals surface area contributed by atoms with Gasteiger partial charge in [0.05, 0.1) is 11.4 Å². The maximum atomic E-state index is 12.5. The van der Waals surface area contributed by atoms with E-state index in [-0.39, 0.29) is 11.5 Å². The summed E-state index contributed by atoms with van der Waals surface area (Å²) in [5.41, 5.74) is 4.14. The highest BCUT2D eigenvalue weighted by atomic mass is 16.1. The molecule has 134 valence electrons. The SMILES string of the molecule is Cc1ccc(N=Nc2nn(-c3ccc(C)cc3)c3nc(C)cc(=O)n23)cc1. The van der Waals surface area contributed by atoms with Crippen LogP contribution in [0.3, 0.4) is 0 Å². The molecule has 0 saturated heterocycles. The third-order valence-electron chi connectivity index (χ3n) is 4.18. The molecule has 2 aromatic heterocycles. The molecule has 2 heterocycles. The van der Waals surface area contributed by atoms with E-state index >= 15 is 0 Å². The van der Waals surface area contributed by atoms with E-state index in [9.17, 15) is 4.79 Å². The number of nitrogens with zero attached hydrogens (tertiary/aromatic N) is 6. The molecule has 0 saturated carbocycles. The van der Waals surface area contributed by atoms with Crippen molar-refractivity contribution >= 4 is 17.4 Å². The van der Waals surface area contributed by atoms with E-state index in [1.165, 1.54) is 10.5 Å². The van der Waals surface area contributed by atoms with E-state index in [1.807, 2.05) is 62.4 Å². The van der Waals surface area contributed by atoms with Crippen molar-refractivity contribution in [2.75, 3.05) is 0 Å². The Morgan fingerprint density at radius 2 is 1.48 bits per heavy atom. The van der Waals surface area contributed by atoms with Crippen LogP contribution in [0.2, 0.25) is 0 Å². The molecule has 0 fully saturated rings. The van der Waals surface area contributed by atoms with Crippen LogP contribution < -0.4 is 5.56 Å². The molecule has 0 radical (unpaired) electrons. The van der Waals surface area contributed by atoms with E-state index in [0.717, 1.165) is 16.8 Å². The molecule has 4 aromatic rings. The van der Waals surface area contributed by atoms with Crippen molar-refractivity contribution in [3.8, 4) is 5.69 Å². The zero-order valence-corrected chi connectivity index (χ0v) is 15.3. The van der Waals surface area contributed by atoms with Crippen LogP contribution in [-0.2, 0) is 0 Å². The maximum Gasteiger partial charge on any atom is 0.276 e. The number of benzene rings is 2. The van der Waals surface area contributed by atoms with Gasteiger partial charge in [-0.05, 0) is 45.0 Å². The number of aromatic nitrogens is 4. The highest BCUT2D eigenvalue weighted by molar-refractivity contribution is 5.47. The summed E-state index contributed by atoms with van der Waals surface area (Å²) in [4.78, 5) is 17.0.